The lowest BCUT2D eigenvalue weighted by Crippen LogP contribution is -2.35. The van der Waals surface area contributed by atoms with E-state index >= 15 is 0 Å². The van der Waals surface area contributed by atoms with Crippen molar-refractivity contribution in [2.24, 2.45) is 5.92 Å². The number of hydrogen-bond acceptors (Lipinski definition) is 2. The summed E-state index contributed by atoms with van der Waals surface area (Å²) >= 11 is 3.47. The molecule has 2 nitrogen and oxygen atoms in total. The first-order chi connectivity index (χ1) is 7.29. The monoisotopic (exact) mass is 268 g/mol. The zero-order valence-electron chi connectivity index (χ0n) is 9.12. The number of aromatic nitrogens is 1. The predicted molar refractivity (Wildman–Crippen MR) is 67.2 cm³/mol. The lowest BCUT2D eigenvalue weighted by molar-refractivity contribution is 0.404. The molecular weight excluding hydrogens is 252 g/mol. The Kier molecular flexibility index (Phi) is 3.62. The zero-order chi connectivity index (χ0) is 10.7. The Morgan fingerprint density at radius 1 is 1.53 bits per heavy atom. The normalized spacial score (nSPS) is 21.7. The molecule has 15 heavy (non-hydrogen) atoms. The van der Waals surface area contributed by atoms with Crippen LogP contribution in [0.4, 0.5) is 5.69 Å². The van der Waals surface area contributed by atoms with Crippen LogP contribution in [0.1, 0.15) is 26.2 Å². The Hall–Kier alpha value is -0.570. The van der Waals surface area contributed by atoms with Gasteiger partial charge >= 0.3 is 0 Å². The van der Waals surface area contributed by atoms with Gasteiger partial charge in [0.2, 0.25) is 0 Å². The van der Waals surface area contributed by atoms with Gasteiger partial charge in [0.15, 0.2) is 0 Å². The molecular formula is C12H17BrN2. The van der Waals surface area contributed by atoms with E-state index in [-0.39, 0.29) is 0 Å². The van der Waals surface area contributed by atoms with Crippen molar-refractivity contribution in [2.75, 3.05) is 18.0 Å². The standard InChI is InChI=1S/C12H17BrN2/c1-2-10-4-3-5-15(9-10)12-6-11(13)7-14-8-12/h6-8,10H,2-5,9H2,1H3. The van der Waals surface area contributed by atoms with Crippen molar-refractivity contribution in [3.63, 3.8) is 0 Å². The second-order valence-corrected chi connectivity index (χ2v) is 5.14. The van der Waals surface area contributed by atoms with E-state index in [1.165, 1.54) is 38.0 Å². The molecule has 1 aliphatic rings. The third-order valence-electron chi connectivity index (χ3n) is 3.15. The van der Waals surface area contributed by atoms with Crippen LogP contribution in [0.15, 0.2) is 22.9 Å². The first kappa shape index (κ1) is 10.9. The van der Waals surface area contributed by atoms with Crippen LogP contribution in [-0.4, -0.2) is 18.1 Å². The van der Waals surface area contributed by atoms with Crippen molar-refractivity contribution in [3.8, 4) is 0 Å². The predicted octanol–water partition coefficient (Wildman–Crippen LogP) is 3.47. The maximum Gasteiger partial charge on any atom is 0.0564 e. The summed E-state index contributed by atoms with van der Waals surface area (Å²) in [6.45, 7) is 4.65. The highest BCUT2D eigenvalue weighted by atomic mass is 79.9. The molecule has 1 atom stereocenters. The van der Waals surface area contributed by atoms with E-state index in [0.29, 0.717) is 0 Å². The summed E-state index contributed by atoms with van der Waals surface area (Å²) in [6.07, 6.45) is 7.78. The average molecular weight is 269 g/mol. The van der Waals surface area contributed by atoms with Crippen LogP contribution in [0.25, 0.3) is 0 Å². The molecule has 0 bridgehead atoms. The molecule has 1 saturated heterocycles. The van der Waals surface area contributed by atoms with Gasteiger partial charge in [-0.1, -0.05) is 13.3 Å². The van der Waals surface area contributed by atoms with E-state index in [9.17, 15) is 0 Å². The molecule has 0 N–H and O–H groups in total. The molecule has 0 spiro atoms. The fourth-order valence-corrected chi connectivity index (χ4v) is 2.56. The Balaban J connectivity index is 2.09. The quantitative estimate of drug-likeness (QED) is 0.817. The fourth-order valence-electron chi connectivity index (χ4n) is 2.21. The Bertz CT molecular complexity index is 327. The molecule has 0 aromatic carbocycles. The molecule has 82 valence electrons. The number of anilines is 1. The molecule has 2 heterocycles. The molecule has 1 aliphatic heterocycles. The minimum Gasteiger partial charge on any atom is -0.370 e. The second-order valence-electron chi connectivity index (χ2n) is 4.22. The van der Waals surface area contributed by atoms with E-state index in [4.69, 9.17) is 0 Å². The van der Waals surface area contributed by atoms with Crippen molar-refractivity contribution in [1.82, 2.24) is 4.98 Å². The van der Waals surface area contributed by atoms with Crippen molar-refractivity contribution in [3.05, 3.63) is 22.9 Å². The third-order valence-corrected chi connectivity index (χ3v) is 3.59. The molecule has 0 saturated carbocycles. The SMILES string of the molecule is CCC1CCCN(c2cncc(Br)c2)C1. The molecule has 0 amide bonds. The minimum atomic E-state index is 0.859. The van der Waals surface area contributed by atoms with Gasteiger partial charge in [0.25, 0.3) is 0 Å². The molecule has 1 aromatic heterocycles. The van der Waals surface area contributed by atoms with Crippen LogP contribution >= 0.6 is 15.9 Å². The smallest absolute Gasteiger partial charge is 0.0564 e. The summed E-state index contributed by atoms with van der Waals surface area (Å²) in [5.41, 5.74) is 1.25. The highest BCUT2D eigenvalue weighted by Gasteiger charge is 2.18. The van der Waals surface area contributed by atoms with Gasteiger partial charge < -0.3 is 4.90 Å². The summed E-state index contributed by atoms with van der Waals surface area (Å²) in [5, 5.41) is 0. The number of piperidine rings is 1. The fraction of sp³-hybridized carbons (Fsp3) is 0.583. The largest absolute Gasteiger partial charge is 0.370 e. The van der Waals surface area contributed by atoms with Gasteiger partial charge in [0.05, 0.1) is 11.9 Å². The summed E-state index contributed by atoms with van der Waals surface area (Å²) in [7, 11) is 0. The average Bonchev–Trinajstić information content (AvgIpc) is 2.29. The van der Waals surface area contributed by atoms with Gasteiger partial charge in [-0.2, -0.15) is 0 Å². The van der Waals surface area contributed by atoms with Crippen LogP contribution in [0, 0.1) is 5.92 Å². The van der Waals surface area contributed by atoms with Gasteiger partial charge in [-0.15, -0.1) is 0 Å². The number of pyridine rings is 1. The lowest BCUT2D eigenvalue weighted by Gasteiger charge is -2.33. The van der Waals surface area contributed by atoms with Gasteiger partial charge in [0, 0.05) is 23.8 Å². The number of hydrogen-bond donors (Lipinski definition) is 0. The maximum absolute atomic E-state index is 4.22. The third kappa shape index (κ3) is 2.71. The highest BCUT2D eigenvalue weighted by Crippen LogP contribution is 2.25. The van der Waals surface area contributed by atoms with Crippen molar-refractivity contribution in [2.45, 2.75) is 26.2 Å². The molecule has 0 radical (unpaired) electrons. The van der Waals surface area contributed by atoms with Gasteiger partial charge in [-0.05, 0) is 40.8 Å². The van der Waals surface area contributed by atoms with Crippen LogP contribution in [-0.2, 0) is 0 Å². The molecule has 2 rings (SSSR count). The zero-order valence-corrected chi connectivity index (χ0v) is 10.7. The highest BCUT2D eigenvalue weighted by molar-refractivity contribution is 9.10. The van der Waals surface area contributed by atoms with Crippen molar-refractivity contribution < 1.29 is 0 Å². The molecule has 1 aromatic rings. The summed E-state index contributed by atoms with van der Waals surface area (Å²) in [5.74, 6) is 0.859. The van der Waals surface area contributed by atoms with Crippen LogP contribution in [0.5, 0.6) is 0 Å². The maximum atomic E-state index is 4.22. The summed E-state index contributed by atoms with van der Waals surface area (Å²) < 4.78 is 1.07. The van der Waals surface area contributed by atoms with E-state index < -0.39 is 0 Å². The van der Waals surface area contributed by atoms with Crippen LogP contribution < -0.4 is 4.90 Å². The van der Waals surface area contributed by atoms with E-state index in [2.05, 4.69) is 38.8 Å². The van der Waals surface area contributed by atoms with Crippen molar-refractivity contribution >= 4 is 21.6 Å². The molecule has 3 heteroatoms. The second kappa shape index (κ2) is 4.97. The molecule has 1 fully saturated rings. The van der Waals surface area contributed by atoms with Crippen LogP contribution in [0.3, 0.4) is 0 Å². The van der Waals surface area contributed by atoms with E-state index in [1.807, 2.05) is 12.4 Å². The number of rotatable bonds is 2. The number of nitrogens with zero attached hydrogens (tertiary/aromatic N) is 2. The van der Waals surface area contributed by atoms with Gasteiger partial charge in [-0.3, -0.25) is 4.98 Å². The summed E-state index contributed by atoms with van der Waals surface area (Å²) in [4.78, 5) is 6.68. The summed E-state index contributed by atoms with van der Waals surface area (Å²) in [6, 6.07) is 2.16. The Morgan fingerprint density at radius 3 is 3.13 bits per heavy atom. The minimum absolute atomic E-state index is 0.859. The first-order valence-corrected chi connectivity index (χ1v) is 6.44. The van der Waals surface area contributed by atoms with Gasteiger partial charge in [0.1, 0.15) is 0 Å². The topological polar surface area (TPSA) is 16.1 Å². The Morgan fingerprint density at radius 2 is 2.40 bits per heavy atom. The number of halogens is 1. The van der Waals surface area contributed by atoms with Gasteiger partial charge in [-0.25, -0.2) is 0 Å². The van der Waals surface area contributed by atoms with E-state index in [1.54, 1.807) is 0 Å². The molecule has 1 unspecified atom stereocenters. The Labute approximate surface area is 99.8 Å². The van der Waals surface area contributed by atoms with Crippen LogP contribution in [0.2, 0.25) is 0 Å². The van der Waals surface area contributed by atoms with Crippen molar-refractivity contribution in [1.29, 1.82) is 0 Å². The molecule has 0 aliphatic carbocycles. The van der Waals surface area contributed by atoms with E-state index in [0.717, 1.165) is 10.4 Å². The first-order valence-electron chi connectivity index (χ1n) is 5.65. The lowest BCUT2D eigenvalue weighted by atomic mass is 9.95.